The van der Waals surface area contributed by atoms with Crippen molar-refractivity contribution in [1.82, 2.24) is 0 Å². The molecule has 0 aliphatic heterocycles. The number of hydrogen-bond acceptors (Lipinski definition) is 1. The summed E-state index contributed by atoms with van der Waals surface area (Å²) in [4.78, 5) is 0. The van der Waals surface area contributed by atoms with E-state index in [2.05, 4.69) is 73.6 Å². The first kappa shape index (κ1) is 16.5. The average Bonchev–Trinajstić information content (AvgIpc) is 2.38. The van der Waals surface area contributed by atoms with E-state index in [1.54, 1.807) is 0 Å². The maximum atomic E-state index is 5.92. The highest BCUT2D eigenvalue weighted by Crippen LogP contribution is 2.30. The van der Waals surface area contributed by atoms with E-state index in [0.29, 0.717) is 11.8 Å². The Morgan fingerprint density at radius 1 is 1.26 bits per heavy atom. The van der Waals surface area contributed by atoms with Crippen molar-refractivity contribution in [3.63, 3.8) is 0 Å². The van der Waals surface area contributed by atoms with Crippen LogP contribution in [0.3, 0.4) is 0 Å². The van der Waals surface area contributed by atoms with Crippen LogP contribution in [0.5, 0.6) is 0 Å². The summed E-state index contributed by atoms with van der Waals surface area (Å²) in [7, 11) is 0. The van der Waals surface area contributed by atoms with Gasteiger partial charge in [0.25, 0.3) is 0 Å². The van der Waals surface area contributed by atoms with Crippen LogP contribution in [0.15, 0.2) is 41.4 Å². The standard InChI is InChI=1S/C17H25BrO/c1-5-19-17(13(2)3)16(14(4)18)12-11-15-9-7-6-8-10-15/h6-10,13,16-17H,4-5,11-12H2,1-3H3/t16-,17-/m0/s1. The Kier molecular flexibility index (Phi) is 7.40. The predicted octanol–water partition coefficient (Wildman–Crippen LogP) is 5.21. The first-order valence-electron chi connectivity index (χ1n) is 7.06. The van der Waals surface area contributed by atoms with Crippen LogP contribution in [-0.2, 0) is 11.2 Å². The Hall–Kier alpha value is -0.600. The molecule has 0 aliphatic rings. The molecule has 0 aromatic heterocycles. The number of halogens is 1. The van der Waals surface area contributed by atoms with E-state index in [1.165, 1.54) is 5.56 Å². The zero-order chi connectivity index (χ0) is 14.3. The van der Waals surface area contributed by atoms with Gasteiger partial charge in [0.1, 0.15) is 0 Å². The van der Waals surface area contributed by atoms with Crippen molar-refractivity contribution in [2.45, 2.75) is 39.7 Å². The summed E-state index contributed by atoms with van der Waals surface area (Å²) < 4.78 is 6.98. The minimum absolute atomic E-state index is 0.237. The van der Waals surface area contributed by atoms with E-state index in [9.17, 15) is 0 Å². The van der Waals surface area contributed by atoms with E-state index in [4.69, 9.17) is 4.74 Å². The van der Waals surface area contributed by atoms with Crippen LogP contribution in [0.2, 0.25) is 0 Å². The van der Waals surface area contributed by atoms with Crippen LogP contribution < -0.4 is 0 Å². The molecule has 19 heavy (non-hydrogen) atoms. The first-order valence-corrected chi connectivity index (χ1v) is 7.85. The van der Waals surface area contributed by atoms with E-state index in [0.717, 1.165) is 23.9 Å². The second-order valence-electron chi connectivity index (χ2n) is 5.24. The molecule has 1 rings (SSSR count). The Morgan fingerprint density at radius 3 is 2.37 bits per heavy atom. The third-order valence-electron chi connectivity index (χ3n) is 3.40. The quantitative estimate of drug-likeness (QED) is 0.638. The van der Waals surface area contributed by atoms with Crippen LogP contribution >= 0.6 is 15.9 Å². The van der Waals surface area contributed by atoms with Crippen LogP contribution in [0, 0.1) is 11.8 Å². The molecule has 0 spiro atoms. The van der Waals surface area contributed by atoms with E-state index < -0.39 is 0 Å². The molecule has 1 aromatic rings. The lowest BCUT2D eigenvalue weighted by atomic mass is 9.88. The van der Waals surface area contributed by atoms with Crippen LogP contribution in [0.25, 0.3) is 0 Å². The Balaban J connectivity index is 2.69. The van der Waals surface area contributed by atoms with Gasteiger partial charge in [-0.2, -0.15) is 0 Å². The van der Waals surface area contributed by atoms with Gasteiger partial charge in [0.2, 0.25) is 0 Å². The van der Waals surface area contributed by atoms with Crippen molar-refractivity contribution in [3.8, 4) is 0 Å². The first-order chi connectivity index (χ1) is 9.06. The SMILES string of the molecule is C=C(Br)[C@H](CCc1ccccc1)[C@@H](OCC)C(C)C. The molecule has 0 amide bonds. The maximum absolute atomic E-state index is 5.92. The number of hydrogen-bond donors (Lipinski definition) is 0. The smallest absolute Gasteiger partial charge is 0.0671 e. The summed E-state index contributed by atoms with van der Waals surface area (Å²) in [6.45, 7) is 11.3. The van der Waals surface area contributed by atoms with Gasteiger partial charge in [0, 0.05) is 12.5 Å². The normalized spacial score (nSPS) is 14.4. The summed E-state index contributed by atoms with van der Waals surface area (Å²) in [5.41, 5.74) is 1.38. The van der Waals surface area contributed by atoms with Gasteiger partial charge in [-0.05, 0) is 35.7 Å². The van der Waals surface area contributed by atoms with Crippen molar-refractivity contribution in [2.75, 3.05) is 6.61 Å². The fraction of sp³-hybridized carbons (Fsp3) is 0.529. The average molecular weight is 325 g/mol. The molecule has 1 aromatic carbocycles. The van der Waals surface area contributed by atoms with Crippen LogP contribution in [0.4, 0.5) is 0 Å². The summed E-state index contributed by atoms with van der Waals surface area (Å²) in [6.07, 6.45) is 2.36. The number of ether oxygens (including phenoxy) is 1. The van der Waals surface area contributed by atoms with Crippen LogP contribution in [0.1, 0.15) is 32.8 Å². The second-order valence-corrected chi connectivity index (χ2v) is 6.26. The molecule has 0 N–H and O–H groups in total. The molecule has 2 heteroatoms. The summed E-state index contributed by atoms with van der Waals surface area (Å²) in [6, 6.07) is 10.6. The third kappa shape index (κ3) is 5.50. The van der Waals surface area contributed by atoms with Gasteiger partial charge < -0.3 is 4.74 Å². The minimum atomic E-state index is 0.237. The molecule has 0 saturated heterocycles. The van der Waals surface area contributed by atoms with Gasteiger partial charge in [0.05, 0.1) is 6.10 Å². The molecular formula is C17H25BrO. The third-order valence-corrected chi connectivity index (χ3v) is 3.99. The van der Waals surface area contributed by atoms with Crippen molar-refractivity contribution in [2.24, 2.45) is 11.8 Å². The molecule has 0 unspecified atom stereocenters. The molecule has 0 fully saturated rings. The fourth-order valence-electron chi connectivity index (χ4n) is 2.43. The molecule has 2 atom stereocenters. The highest BCUT2D eigenvalue weighted by Gasteiger charge is 2.26. The van der Waals surface area contributed by atoms with E-state index >= 15 is 0 Å². The topological polar surface area (TPSA) is 9.23 Å². The summed E-state index contributed by atoms with van der Waals surface area (Å²) in [5.74, 6) is 0.857. The highest BCUT2D eigenvalue weighted by molar-refractivity contribution is 9.11. The largest absolute Gasteiger partial charge is 0.378 e. The minimum Gasteiger partial charge on any atom is -0.378 e. The van der Waals surface area contributed by atoms with Crippen molar-refractivity contribution in [3.05, 3.63) is 47.0 Å². The fourth-order valence-corrected chi connectivity index (χ4v) is 2.92. The number of aryl methyl sites for hydroxylation is 1. The number of rotatable bonds is 8. The van der Waals surface area contributed by atoms with Crippen molar-refractivity contribution < 1.29 is 4.74 Å². The highest BCUT2D eigenvalue weighted by atomic mass is 79.9. The molecule has 0 aliphatic carbocycles. The zero-order valence-corrected chi connectivity index (χ0v) is 13.8. The molecule has 0 bridgehead atoms. The van der Waals surface area contributed by atoms with Crippen molar-refractivity contribution >= 4 is 15.9 Å². The molecule has 0 heterocycles. The second kappa shape index (κ2) is 8.55. The molecule has 106 valence electrons. The lowest BCUT2D eigenvalue weighted by Gasteiger charge is -2.30. The molecule has 0 radical (unpaired) electrons. The lowest BCUT2D eigenvalue weighted by Crippen LogP contribution is -2.30. The molecule has 1 nitrogen and oxygen atoms in total. The Labute approximate surface area is 126 Å². The van der Waals surface area contributed by atoms with Gasteiger partial charge in [0.15, 0.2) is 0 Å². The lowest BCUT2D eigenvalue weighted by molar-refractivity contribution is -0.000538. The van der Waals surface area contributed by atoms with Gasteiger partial charge in [-0.15, -0.1) is 0 Å². The summed E-state index contributed by atoms with van der Waals surface area (Å²) >= 11 is 3.58. The predicted molar refractivity (Wildman–Crippen MR) is 86.6 cm³/mol. The van der Waals surface area contributed by atoms with Gasteiger partial charge in [-0.25, -0.2) is 0 Å². The Morgan fingerprint density at radius 2 is 1.89 bits per heavy atom. The van der Waals surface area contributed by atoms with E-state index in [1.807, 2.05) is 0 Å². The maximum Gasteiger partial charge on any atom is 0.0671 e. The van der Waals surface area contributed by atoms with Crippen LogP contribution in [-0.4, -0.2) is 12.7 Å². The zero-order valence-electron chi connectivity index (χ0n) is 12.2. The van der Waals surface area contributed by atoms with Gasteiger partial charge >= 0.3 is 0 Å². The Bertz CT molecular complexity index is 372. The molecular weight excluding hydrogens is 300 g/mol. The van der Waals surface area contributed by atoms with Gasteiger partial charge in [-0.1, -0.05) is 66.7 Å². The van der Waals surface area contributed by atoms with Gasteiger partial charge in [-0.3, -0.25) is 0 Å². The van der Waals surface area contributed by atoms with E-state index in [-0.39, 0.29) is 6.10 Å². The molecule has 0 saturated carbocycles. The monoisotopic (exact) mass is 324 g/mol. The summed E-state index contributed by atoms with van der Waals surface area (Å²) in [5, 5.41) is 0. The van der Waals surface area contributed by atoms with Crippen molar-refractivity contribution in [1.29, 1.82) is 0 Å². The number of benzene rings is 1.